The summed E-state index contributed by atoms with van der Waals surface area (Å²) in [6.45, 7) is 1.87. The van der Waals surface area contributed by atoms with E-state index in [0.717, 1.165) is 53.3 Å². The van der Waals surface area contributed by atoms with Crippen LogP contribution in [0.4, 0.5) is 10.8 Å². The van der Waals surface area contributed by atoms with Crippen LogP contribution in [0, 0.1) is 5.92 Å². The summed E-state index contributed by atoms with van der Waals surface area (Å²) in [4.78, 5) is 30.8. The number of anilines is 2. The number of carbonyl (C=O) groups excluding carboxylic acids is 2. The summed E-state index contributed by atoms with van der Waals surface area (Å²) in [7, 11) is 1.63. The molecule has 4 rings (SSSR count). The first-order valence-electron chi connectivity index (χ1n) is 11.5. The standard InChI is InChI=1S/C26H29N3O3S2/c1-17(24(30)29-26-28-23(16-33-26)18-11-13-21(32-2)14-12-18)34-22-10-6-9-20(15-22)27-25(31)19-7-4-3-5-8-19/h6,9-17,19H,3-5,7-8H2,1-2H3,(H,27,31)(H,28,29,30). The first kappa shape index (κ1) is 24.3. The summed E-state index contributed by atoms with van der Waals surface area (Å²) < 4.78 is 5.19. The Bertz CT molecular complexity index is 1120. The second-order valence-electron chi connectivity index (χ2n) is 8.37. The Morgan fingerprint density at radius 1 is 1.09 bits per heavy atom. The van der Waals surface area contributed by atoms with Crippen LogP contribution in [-0.4, -0.2) is 29.2 Å². The van der Waals surface area contributed by atoms with Gasteiger partial charge in [-0.25, -0.2) is 4.98 Å². The lowest BCUT2D eigenvalue weighted by atomic mass is 9.88. The van der Waals surface area contributed by atoms with Crippen LogP contribution in [0.2, 0.25) is 0 Å². The average molecular weight is 496 g/mol. The van der Waals surface area contributed by atoms with Crippen molar-refractivity contribution in [2.45, 2.75) is 49.2 Å². The zero-order valence-electron chi connectivity index (χ0n) is 19.4. The molecule has 2 N–H and O–H groups in total. The van der Waals surface area contributed by atoms with Gasteiger partial charge in [0.1, 0.15) is 5.75 Å². The van der Waals surface area contributed by atoms with E-state index in [-0.39, 0.29) is 23.0 Å². The van der Waals surface area contributed by atoms with Gasteiger partial charge >= 0.3 is 0 Å². The number of methoxy groups -OCH3 is 1. The maximum absolute atomic E-state index is 12.8. The highest BCUT2D eigenvalue weighted by atomic mass is 32.2. The van der Waals surface area contributed by atoms with E-state index in [1.807, 2.05) is 60.8 Å². The van der Waals surface area contributed by atoms with Crippen molar-refractivity contribution in [3.8, 4) is 17.0 Å². The predicted octanol–water partition coefficient (Wildman–Crippen LogP) is 6.46. The first-order chi connectivity index (χ1) is 16.5. The van der Waals surface area contributed by atoms with Gasteiger partial charge in [-0.05, 0) is 62.2 Å². The Balaban J connectivity index is 1.32. The Kier molecular flexibility index (Phi) is 8.24. The number of rotatable bonds is 8. The number of ether oxygens (including phenoxy) is 1. The Labute approximate surface area is 208 Å². The summed E-state index contributed by atoms with van der Waals surface area (Å²) in [5.74, 6) is 0.883. The summed E-state index contributed by atoms with van der Waals surface area (Å²) in [5, 5.41) is 8.14. The Morgan fingerprint density at radius 2 is 1.85 bits per heavy atom. The number of thioether (sulfide) groups is 1. The van der Waals surface area contributed by atoms with E-state index < -0.39 is 0 Å². The zero-order chi connectivity index (χ0) is 23.9. The summed E-state index contributed by atoms with van der Waals surface area (Å²) in [5.41, 5.74) is 2.55. The molecule has 1 fully saturated rings. The molecule has 0 bridgehead atoms. The Hall–Kier alpha value is -2.84. The molecule has 2 amide bonds. The highest BCUT2D eigenvalue weighted by Gasteiger charge is 2.21. The number of aromatic nitrogens is 1. The maximum atomic E-state index is 12.8. The highest BCUT2D eigenvalue weighted by molar-refractivity contribution is 8.00. The van der Waals surface area contributed by atoms with Crippen molar-refractivity contribution in [3.05, 3.63) is 53.9 Å². The molecule has 0 spiro atoms. The van der Waals surface area contributed by atoms with Crippen LogP contribution in [0.5, 0.6) is 5.75 Å². The van der Waals surface area contributed by atoms with Crippen molar-refractivity contribution in [1.29, 1.82) is 0 Å². The van der Waals surface area contributed by atoms with Crippen molar-refractivity contribution in [3.63, 3.8) is 0 Å². The highest BCUT2D eigenvalue weighted by Crippen LogP contribution is 2.30. The third-order valence-corrected chi connectivity index (χ3v) is 7.73. The number of carbonyl (C=O) groups is 2. The van der Waals surface area contributed by atoms with Gasteiger partial charge in [0.05, 0.1) is 18.1 Å². The fourth-order valence-electron chi connectivity index (χ4n) is 3.95. The number of nitrogens with zero attached hydrogens (tertiary/aromatic N) is 1. The van der Waals surface area contributed by atoms with Crippen LogP contribution in [0.15, 0.2) is 58.8 Å². The topological polar surface area (TPSA) is 80.3 Å². The zero-order valence-corrected chi connectivity index (χ0v) is 21.0. The van der Waals surface area contributed by atoms with Gasteiger partial charge in [0, 0.05) is 27.4 Å². The number of hydrogen-bond donors (Lipinski definition) is 2. The summed E-state index contributed by atoms with van der Waals surface area (Å²) in [6, 6.07) is 15.3. The average Bonchev–Trinajstić information content (AvgIpc) is 3.33. The van der Waals surface area contributed by atoms with Gasteiger partial charge in [0.2, 0.25) is 11.8 Å². The molecule has 34 heavy (non-hydrogen) atoms. The lowest BCUT2D eigenvalue weighted by molar-refractivity contribution is -0.120. The molecule has 1 aromatic heterocycles. The van der Waals surface area contributed by atoms with E-state index in [0.29, 0.717) is 5.13 Å². The van der Waals surface area contributed by atoms with Crippen LogP contribution >= 0.6 is 23.1 Å². The van der Waals surface area contributed by atoms with Gasteiger partial charge < -0.3 is 15.4 Å². The third-order valence-electron chi connectivity index (χ3n) is 5.88. The molecule has 0 aliphatic heterocycles. The molecule has 178 valence electrons. The third kappa shape index (κ3) is 6.39. The van der Waals surface area contributed by atoms with Gasteiger partial charge in [0.25, 0.3) is 0 Å². The smallest absolute Gasteiger partial charge is 0.239 e. The molecule has 1 unspecified atom stereocenters. The molecular formula is C26H29N3O3S2. The van der Waals surface area contributed by atoms with Gasteiger partial charge in [-0.2, -0.15) is 0 Å². The lowest BCUT2D eigenvalue weighted by Crippen LogP contribution is -2.24. The molecule has 1 saturated carbocycles. The van der Waals surface area contributed by atoms with E-state index in [1.54, 1.807) is 7.11 Å². The van der Waals surface area contributed by atoms with Crippen LogP contribution in [-0.2, 0) is 9.59 Å². The molecule has 1 aliphatic carbocycles. The number of hydrogen-bond acceptors (Lipinski definition) is 6. The summed E-state index contributed by atoms with van der Waals surface area (Å²) in [6.07, 6.45) is 5.41. The second kappa shape index (κ2) is 11.5. The molecule has 2 aromatic carbocycles. The van der Waals surface area contributed by atoms with Crippen LogP contribution in [0.1, 0.15) is 39.0 Å². The van der Waals surface area contributed by atoms with Crippen molar-refractivity contribution >= 4 is 45.7 Å². The fraction of sp³-hybridized carbons (Fsp3) is 0.346. The SMILES string of the molecule is COc1ccc(-c2csc(NC(=O)C(C)Sc3cccc(NC(=O)C4CCCCC4)c3)n2)cc1. The Morgan fingerprint density at radius 3 is 2.59 bits per heavy atom. The van der Waals surface area contributed by atoms with E-state index in [1.165, 1.54) is 29.5 Å². The van der Waals surface area contributed by atoms with Gasteiger partial charge in [-0.1, -0.05) is 25.3 Å². The number of nitrogens with one attached hydrogen (secondary N) is 2. The largest absolute Gasteiger partial charge is 0.497 e. The number of amides is 2. The quantitative estimate of drug-likeness (QED) is 0.351. The molecule has 8 heteroatoms. The van der Waals surface area contributed by atoms with Gasteiger partial charge in [0.15, 0.2) is 5.13 Å². The minimum absolute atomic E-state index is 0.101. The summed E-state index contributed by atoms with van der Waals surface area (Å²) >= 11 is 2.85. The van der Waals surface area contributed by atoms with E-state index >= 15 is 0 Å². The monoisotopic (exact) mass is 495 g/mol. The lowest BCUT2D eigenvalue weighted by Gasteiger charge is -2.21. The van der Waals surface area contributed by atoms with E-state index in [9.17, 15) is 9.59 Å². The fourth-order valence-corrected chi connectivity index (χ4v) is 5.60. The molecule has 0 saturated heterocycles. The van der Waals surface area contributed by atoms with Gasteiger partial charge in [-0.15, -0.1) is 23.1 Å². The normalized spacial score (nSPS) is 14.9. The van der Waals surface area contributed by atoms with Crippen LogP contribution in [0.25, 0.3) is 11.3 Å². The molecular weight excluding hydrogens is 466 g/mol. The van der Waals surface area contributed by atoms with E-state index in [4.69, 9.17) is 4.74 Å². The molecule has 6 nitrogen and oxygen atoms in total. The molecule has 0 radical (unpaired) electrons. The van der Waals surface area contributed by atoms with Crippen LogP contribution < -0.4 is 15.4 Å². The predicted molar refractivity (Wildman–Crippen MR) is 140 cm³/mol. The minimum Gasteiger partial charge on any atom is -0.497 e. The molecule has 1 heterocycles. The molecule has 1 aliphatic rings. The van der Waals surface area contributed by atoms with E-state index in [2.05, 4.69) is 15.6 Å². The number of benzene rings is 2. The van der Waals surface area contributed by atoms with Crippen molar-refractivity contribution in [2.75, 3.05) is 17.7 Å². The molecule has 3 aromatic rings. The van der Waals surface area contributed by atoms with Crippen molar-refractivity contribution in [2.24, 2.45) is 5.92 Å². The second-order valence-corrected chi connectivity index (χ2v) is 10.6. The molecule has 1 atom stereocenters. The maximum Gasteiger partial charge on any atom is 0.239 e. The van der Waals surface area contributed by atoms with Crippen molar-refractivity contribution < 1.29 is 14.3 Å². The number of thiazole rings is 1. The minimum atomic E-state index is -0.322. The first-order valence-corrected chi connectivity index (χ1v) is 13.3. The van der Waals surface area contributed by atoms with Gasteiger partial charge in [-0.3, -0.25) is 9.59 Å². The van der Waals surface area contributed by atoms with Crippen LogP contribution in [0.3, 0.4) is 0 Å². The van der Waals surface area contributed by atoms with Crippen molar-refractivity contribution in [1.82, 2.24) is 4.98 Å².